The summed E-state index contributed by atoms with van der Waals surface area (Å²) in [5, 5.41) is 1.12. The number of aromatic nitrogens is 1. The van der Waals surface area contributed by atoms with Crippen molar-refractivity contribution in [2.24, 2.45) is 0 Å². The van der Waals surface area contributed by atoms with Gasteiger partial charge in [-0.25, -0.2) is 0 Å². The van der Waals surface area contributed by atoms with Crippen molar-refractivity contribution in [2.45, 2.75) is 38.6 Å². The van der Waals surface area contributed by atoms with E-state index in [4.69, 9.17) is 4.74 Å². The van der Waals surface area contributed by atoms with Gasteiger partial charge in [-0.2, -0.15) is 0 Å². The molecule has 1 aliphatic heterocycles. The third kappa shape index (κ3) is 3.65. The lowest BCUT2D eigenvalue weighted by atomic mass is 9.96. The molecule has 3 aromatic rings. The Morgan fingerprint density at radius 2 is 1.93 bits per heavy atom. The van der Waals surface area contributed by atoms with Crippen LogP contribution in [0.25, 0.3) is 10.9 Å². The smallest absolute Gasteiger partial charge is 0.306 e. The van der Waals surface area contributed by atoms with Crippen LogP contribution >= 0.6 is 0 Å². The second-order valence-corrected chi connectivity index (χ2v) is 7.30. The summed E-state index contributed by atoms with van der Waals surface area (Å²) < 4.78 is 5.29. The molecule has 1 aliphatic rings. The first-order valence-corrected chi connectivity index (χ1v) is 9.74. The molecule has 0 bridgehead atoms. The van der Waals surface area contributed by atoms with E-state index in [-0.39, 0.29) is 30.9 Å². The maximum absolute atomic E-state index is 12.7. The second-order valence-electron chi connectivity index (χ2n) is 7.30. The predicted octanol–water partition coefficient (Wildman–Crippen LogP) is 4.01. The van der Waals surface area contributed by atoms with Gasteiger partial charge < -0.3 is 14.6 Å². The Hall–Kier alpha value is -3.08. The zero-order valence-corrected chi connectivity index (χ0v) is 16.0. The Labute approximate surface area is 164 Å². The summed E-state index contributed by atoms with van der Waals surface area (Å²) in [6.07, 6.45) is 4.64. The molecule has 1 unspecified atom stereocenters. The van der Waals surface area contributed by atoms with Crippen LogP contribution in [-0.2, 0) is 27.2 Å². The highest BCUT2D eigenvalue weighted by Gasteiger charge is 2.28. The fourth-order valence-corrected chi connectivity index (χ4v) is 3.93. The molecule has 0 saturated heterocycles. The molecule has 0 saturated carbocycles. The first-order valence-electron chi connectivity index (χ1n) is 9.74. The predicted molar refractivity (Wildman–Crippen MR) is 109 cm³/mol. The SMILES string of the molecule is CC1CCc2ccccc2N1C(=O)COC(=O)CCc1c[nH]c2ccccc12. The number of H-pyrrole nitrogens is 1. The number of aryl methyl sites for hydroxylation is 2. The topological polar surface area (TPSA) is 62.4 Å². The van der Waals surface area contributed by atoms with Gasteiger partial charge in [0.25, 0.3) is 5.91 Å². The third-order valence-electron chi connectivity index (χ3n) is 5.42. The van der Waals surface area contributed by atoms with Crippen molar-refractivity contribution in [1.29, 1.82) is 0 Å². The molecule has 1 N–H and O–H groups in total. The number of aromatic amines is 1. The molecule has 5 heteroatoms. The summed E-state index contributed by atoms with van der Waals surface area (Å²) in [6.45, 7) is 1.82. The Morgan fingerprint density at radius 3 is 2.82 bits per heavy atom. The van der Waals surface area contributed by atoms with Crippen LogP contribution in [0.1, 0.15) is 30.9 Å². The number of rotatable bonds is 5. The fourth-order valence-electron chi connectivity index (χ4n) is 3.93. The molecule has 1 aromatic heterocycles. The number of hydrogen-bond donors (Lipinski definition) is 1. The summed E-state index contributed by atoms with van der Waals surface area (Å²) in [4.78, 5) is 29.9. The highest BCUT2D eigenvalue weighted by molar-refractivity contribution is 5.97. The van der Waals surface area contributed by atoms with Crippen molar-refractivity contribution < 1.29 is 14.3 Å². The number of benzene rings is 2. The number of para-hydroxylation sites is 2. The third-order valence-corrected chi connectivity index (χ3v) is 5.42. The van der Waals surface area contributed by atoms with E-state index in [0.717, 1.165) is 35.0 Å². The van der Waals surface area contributed by atoms with Crippen LogP contribution in [0.4, 0.5) is 5.69 Å². The Kier molecular flexibility index (Phi) is 5.15. The standard InChI is InChI=1S/C23H24N2O3/c1-16-10-11-17-6-2-5-9-21(17)25(16)22(26)15-28-23(27)13-12-18-14-24-20-8-4-3-7-19(18)20/h2-9,14,16,24H,10-13,15H2,1H3. The number of carbonyl (C=O) groups is 2. The van der Waals surface area contributed by atoms with Crippen molar-refractivity contribution in [3.8, 4) is 0 Å². The molecular formula is C23H24N2O3. The molecule has 1 amide bonds. The molecule has 4 rings (SSSR count). The number of fused-ring (bicyclic) bond motifs is 2. The average Bonchev–Trinajstić information content (AvgIpc) is 3.13. The zero-order valence-electron chi connectivity index (χ0n) is 16.0. The molecule has 0 radical (unpaired) electrons. The van der Waals surface area contributed by atoms with E-state index >= 15 is 0 Å². The van der Waals surface area contributed by atoms with E-state index in [0.29, 0.717) is 6.42 Å². The summed E-state index contributed by atoms with van der Waals surface area (Å²) >= 11 is 0. The highest BCUT2D eigenvalue weighted by Crippen LogP contribution is 2.30. The number of carbonyl (C=O) groups excluding carboxylic acids is 2. The number of hydrogen-bond acceptors (Lipinski definition) is 3. The number of ether oxygens (including phenoxy) is 1. The van der Waals surface area contributed by atoms with Gasteiger partial charge in [-0.05, 0) is 49.4 Å². The fraction of sp³-hybridized carbons (Fsp3) is 0.304. The summed E-state index contributed by atoms with van der Waals surface area (Å²) in [5.74, 6) is -0.517. The molecule has 2 aromatic carbocycles. The van der Waals surface area contributed by atoms with E-state index in [1.165, 1.54) is 5.56 Å². The van der Waals surface area contributed by atoms with E-state index in [2.05, 4.69) is 11.1 Å². The lowest BCUT2D eigenvalue weighted by molar-refractivity contribution is -0.147. The van der Waals surface area contributed by atoms with Gasteiger partial charge in [0.15, 0.2) is 6.61 Å². The zero-order chi connectivity index (χ0) is 19.5. The van der Waals surface area contributed by atoms with Gasteiger partial charge in [0.1, 0.15) is 0 Å². The average molecular weight is 376 g/mol. The van der Waals surface area contributed by atoms with Gasteiger partial charge in [-0.1, -0.05) is 36.4 Å². The molecule has 2 heterocycles. The van der Waals surface area contributed by atoms with Crippen molar-refractivity contribution in [3.63, 3.8) is 0 Å². The van der Waals surface area contributed by atoms with Crippen LogP contribution in [0.15, 0.2) is 54.7 Å². The molecule has 28 heavy (non-hydrogen) atoms. The minimum atomic E-state index is -0.350. The number of amides is 1. The maximum atomic E-state index is 12.7. The summed E-state index contributed by atoms with van der Waals surface area (Å²) in [7, 11) is 0. The van der Waals surface area contributed by atoms with Crippen LogP contribution in [0.5, 0.6) is 0 Å². The number of esters is 1. The Balaban J connectivity index is 1.34. The lowest BCUT2D eigenvalue weighted by Gasteiger charge is -2.35. The number of nitrogens with one attached hydrogen (secondary N) is 1. The van der Waals surface area contributed by atoms with Gasteiger partial charge in [0.05, 0.1) is 0 Å². The first-order chi connectivity index (χ1) is 13.6. The van der Waals surface area contributed by atoms with Crippen molar-refractivity contribution in [1.82, 2.24) is 4.98 Å². The van der Waals surface area contributed by atoms with Crippen LogP contribution in [-0.4, -0.2) is 29.5 Å². The van der Waals surface area contributed by atoms with Gasteiger partial charge in [0.2, 0.25) is 0 Å². The molecule has 5 nitrogen and oxygen atoms in total. The number of anilines is 1. The van der Waals surface area contributed by atoms with E-state index in [9.17, 15) is 9.59 Å². The summed E-state index contributed by atoms with van der Waals surface area (Å²) in [5.41, 5.74) is 4.23. The normalized spacial score (nSPS) is 16.0. The summed E-state index contributed by atoms with van der Waals surface area (Å²) in [6, 6.07) is 16.0. The maximum Gasteiger partial charge on any atom is 0.306 e. The molecule has 0 fully saturated rings. The van der Waals surface area contributed by atoms with Gasteiger partial charge >= 0.3 is 5.97 Å². The van der Waals surface area contributed by atoms with Crippen LogP contribution in [0.2, 0.25) is 0 Å². The molecule has 0 spiro atoms. The molecular weight excluding hydrogens is 352 g/mol. The number of nitrogens with zero attached hydrogens (tertiary/aromatic N) is 1. The molecule has 144 valence electrons. The van der Waals surface area contributed by atoms with E-state index in [1.807, 2.05) is 55.6 Å². The highest BCUT2D eigenvalue weighted by atomic mass is 16.5. The minimum Gasteiger partial charge on any atom is -0.456 e. The van der Waals surface area contributed by atoms with Crippen molar-refractivity contribution in [3.05, 3.63) is 65.9 Å². The molecule has 1 atom stereocenters. The van der Waals surface area contributed by atoms with Crippen LogP contribution in [0, 0.1) is 0 Å². The monoisotopic (exact) mass is 376 g/mol. The van der Waals surface area contributed by atoms with Gasteiger partial charge in [-0.3, -0.25) is 9.59 Å². The van der Waals surface area contributed by atoms with E-state index in [1.54, 1.807) is 4.90 Å². The first kappa shape index (κ1) is 18.3. The van der Waals surface area contributed by atoms with Crippen LogP contribution < -0.4 is 4.90 Å². The van der Waals surface area contributed by atoms with Crippen molar-refractivity contribution >= 4 is 28.5 Å². The van der Waals surface area contributed by atoms with E-state index < -0.39 is 0 Å². The van der Waals surface area contributed by atoms with Gasteiger partial charge in [0, 0.05) is 35.2 Å². The molecule has 0 aliphatic carbocycles. The quantitative estimate of drug-likeness (QED) is 0.685. The Bertz CT molecular complexity index is 1010. The van der Waals surface area contributed by atoms with Crippen LogP contribution in [0.3, 0.4) is 0 Å². The van der Waals surface area contributed by atoms with Crippen molar-refractivity contribution in [2.75, 3.05) is 11.5 Å². The van der Waals surface area contributed by atoms with Gasteiger partial charge in [-0.15, -0.1) is 0 Å². The Morgan fingerprint density at radius 1 is 1.14 bits per heavy atom. The largest absolute Gasteiger partial charge is 0.456 e. The second kappa shape index (κ2) is 7.89. The lowest BCUT2D eigenvalue weighted by Crippen LogP contribution is -2.44. The minimum absolute atomic E-state index is 0.104.